The predicted octanol–water partition coefficient (Wildman–Crippen LogP) is 4.23. The van der Waals surface area contributed by atoms with Gasteiger partial charge in [-0.05, 0) is 74.4 Å². The number of ether oxygens (including phenoxy) is 1. The molecule has 132 valence electrons. The fraction of sp³-hybridized carbons (Fsp3) is 0.350. The Labute approximate surface area is 154 Å². The van der Waals surface area contributed by atoms with Crippen molar-refractivity contribution in [3.05, 3.63) is 70.5 Å². The maximum atomic E-state index is 13.4. The molecule has 0 amide bonds. The standard InChI is InChI=1S/C20H21FN2O.ClH/c1-23(2)11-3-10-20(17-5-7-18(21)8-6-17)19-9-4-15(13-22)12-16(19)14-24-20;/h4-9,12H,3,10-11,14H2,1-2H3;1H. The van der Waals surface area contributed by atoms with E-state index >= 15 is 0 Å². The zero-order valence-corrected chi connectivity index (χ0v) is 15.3. The van der Waals surface area contributed by atoms with Crippen molar-refractivity contribution >= 4 is 12.4 Å². The molecular weight excluding hydrogens is 339 g/mol. The molecular formula is C20H22ClFN2O. The first-order valence-electron chi connectivity index (χ1n) is 8.13. The maximum absolute atomic E-state index is 13.4. The predicted molar refractivity (Wildman–Crippen MR) is 98.2 cm³/mol. The van der Waals surface area contributed by atoms with Crippen molar-refractivity contribution in [3.8, 4) is 6.07 Å². The number of nitrogens with zero attached hydrogens (tertiary/aromatic N) is 2. The second-order valence-electron chi connectivity index (χ2n) is 6.51. The molecule has 0 fully saturated rings. The normalized spacial score (nSPS) is 18.5. The van der Waals surface area contributed by atoms with Crippen LogP contribution in [0.15, 0.2) is 42.5 Å². The van der Waals surface area contributed by atoms with Crippen molar-refractivity contribution in [2.24, 2.45) is 0 Å². The largest absolute Gasteiger partial charge is 0.361 e. The third kappa shape index (κ3) is 3.85. The van der Waals surface area contributed by atoms with Crippen molar-refractivity contribution in [3.63, 3.8) is 0 Å². The fourth-order valence-electron chi connectivity index (χ4n) is 3.41. The van der Waals surface area contributed by atoms with Crippen LogP contribution in [0.2, 0.25) is 0 Å². The van der Waals surface area contributed by atoms with Crippen LogP contribution in [0.25, 0.3) is 0 Å². The number of nitriles is 1. The second-order valence-corrected chi connectivity index (χ2v) is 6.51. The smallest absolute Gasteiger partial charge is 0.123 e. The monoisotopic (exact) mass is 360 g/mol. The van der Waals surface area contributed by atoms with Gasteiger partial charge in [0.1, 0.15) is 11.4 Å². The molecule has 3 nitrogen and oxygen atoms in total. The molecule has 0 saturated heterocycles. The first-order chi connectivity index (χ1) is 11.5. The summed E-state index contributed by atoms with van der Waals surface area (Å²) in [5, 5.41) is 9.11. The van der Waals surface area contributed by atoms with Gasteiger partial charge >= 0.3 is 0 Å². The molecule has 1 unspecified atom stereocenters. The molecule has 3 rings (SSSR count). The van der Waals surface area contributed by atoms with Gasteiger partial charge in [0.25, 0.3) is 0 Å². The van der Waals surface area contributed by atoms with E-state index in [4.69, 9.17) is 10.00 Å². The molecule has 2 aromatic carbocycles. The van der Waals surface area contributed by atoms with E-state index in [9.17, 15) is 4.39 Å². The molecule has 1 heterocycles. The summed E-state index contributed by atoms with van der Waals surface area (Å²) in [4.78, 5) is 2.15. The second kappa shape index (κ2) is 7.97. The quantitative estimate of drug-likeness (QED) is 0.800. The van der Waals surface area contributed by atoms with E-state index in [0.29, 0.717) is 12.2 Å². The molecule has 0 radical (unpaired) electrons. The molecule has 0 saturated carbocycles. The van der Waals surface area contributed by atoms with Crippen LogP contribution < -0.4 is 0 Å². The zero-order chi connectivity index (χ0) is 17.2. The highest BCUT2D eigenvalue weighted by Gasteiger charge is 2.41. The molecule has 1 aliphatic rings. The van der Waals surface area contributed by atoms with E-state index in [1.54, 1.807) is 12.1 Å². The molecule has 0 aromatic heterocycles. The van der Waals surface area contributed by atoms with Crippen LogP contribution in [0.4, 0.5) is 4.39 Å². The first-order valence-corrected chi connectivity index (χ1v) is 8.13. The van der Waals surface area contributed by atoms with Gasteiger partial charge in [-0.1, -0.05) is 18.2 Å². The lowest BCUT2D eigenvalue weighted by molar-refractivity contribution is -0.0140. The summed E-state index contributed by atoms with van der Waals surface area (Å²) in [6, 6.07) is 14.5. The third-order valence-corrected chi connectivity index (χ3v) is 4.59. The van der Waals surface area contributed by atoms with Gasteiger partial charge in [0.15, 0.2) is 0 Å². The van der Waals surface area contributed by atoms with E-state index < -0.39 is 5.60 Å². The summed E-state index contributed by atoms with van der Waals surface area (Å²) in [5.41, 5.74) is 3.18. The Bertz CT molecular complexity index is 770. The number of halogens is 2. The molecule has 0 aliphatic carbocycles. The molecule has 2 aromatic rings. The summed E-state index contributed by atoms with van der Waals surface area (Å²) < 4.78 is 19.6. The van der Waals surface area contributed by atoms with Crippen LogP contribution in [-0.2, 0) is 16.9 Å². The minimum Gasteiger partial charge on any atom is -0.361 e. The van der Waals surface area contributed by atoms with E-state index in [0.717, 1.165) is 36.1 Å². The Balaban J connectivity index is 0.00000225. The topological polar surface area (TPSA) is 36.3 Å². The van der Waals surface area contributed by atoms with Crippen molar-refractivity contribution < 1.29 is 9.13 Å². The molecule has 0 N–H and O–H groups in total. The fourth-order valence-corrected chi connectivity index (χ4v) is 3.41. The van der Waals surface area contributed by atoms with Crippen LogP contribution in [-0.4, -0.2) is 25.5 Å². The van der Waals surface area contributed by atoms with Crippen LogP contribution in [0.1, 0.15) is 35.1 Å². The SMILES string of the molecule is CN(C)CCCC1(c2ccc(F)cc2)OCc2cc(C#N)ccc21.Cl. The first kappa shape index (κ1) is 19.4. The lowest BCUT2D eigenvalue weighted by Gasteiger charge is -2.31. The van der Waals surface area contributed by atoms with E-state index in [-0.39, 0.29) is 18.2 Å². The van der Waals surface area contributed by atoms with Gasteiger partial charge in [-0.15, -0.1) is 12.4 Å². The molecule has 1 atom stereocenters. The number of hydrogen-bond donors (Lipinski definition) is 0. The van der Waals surface area contributed by atoms with Crippen molar-refractivity contribution in [2.75, 3.05) is 20.6 Å². The highest BCUT2D eigenvalue weighted by molar-refractivity contribution is 5.85. The van der Waals surface area contributed by atoms with Gasteiger partial charge in [0.2, 0.25) is 0 Å². The van der Waals surface area contributed by atoms with Crippen LogP contribution in [0.3, 0.4) is 0 Å². The van der Waals surface area contributed by atoms with E-state index in [1.807, 2.05) is 32.3 Å². The zero-order valence-electron chi connectivity index (χ0n) is 14.5. The Morgan fingerprint density at radius 2 is 1.92 bits per heavy atom. The number of benzene rings is 2. The summed E-state index contributed by atoms with van der Waals surface area (Å²) >= 11 is 0. The van der Waals surface area contributed by atoms with Gasteiger partial charge in [0.05, 0.1) is 18.2 Å². The average Bonchev–Trinajstić information content (AvgIpc) is 2.94. The Morgan fingerprint density at radius 3 is 2.56 bits per heavy atom. The molecule has 0 spiro atoms. The minimum absolute atomic E-state index is 0. The van der Waals surface area contributed by atoms with Crippen LogP contribution in [0.5, 0.6) is 0 Å². The van der Waals surface area contributed by atoms with Gasteiger partial charge in [-0.3, -0.25) is 0 Å². The summed E-state index contributed by atoms with van der Waals surface area (Å²) in [6.07, 6.45) is 1.78. The van der Waals surface area contributed by atoms with Crippen LogP contribution in [0, 0.1) is 17.1 Å². The van der Waals surface area contributed by atoms with Crippen molar-refractivity contribution in [2.45, 2.75) is 25.0 Å². The molecule has 5 heteroatoms. The van der Waals surface area contributed by atoms with Gasteiger partial charge in [-0.2, -0.15) is 5.26 Å². The number of hydrogen-bond acceptors (Lipinski definition) is 3. The number of rotatable bonds is 5. The highest BCUT2D eigenvalue weighted by atomic mass is 35.5. The van der Waals surface area contributed by atoms with E-state index in [2.05, 4.69) is 11.0 Å². The molecule has 1 aliphatic heterocycles. The van der Waals surface area contributed by atoms with Gasteiger partial charge in [0, 0.05) is 0 Å². The highest BCUT2D eigenvalue weighted by Crippen LogP contribution is 2.45. The summed E-state index contributed by atoms with van der Waals surface area (Å²) in [7, 11) is 4.10. The lowest BCUT2D eigenvalue weighted by atomic mass is 9.81. The van der Waals surface area contributed by atoms with Gasteiger partial charge in [-0.25, -0.2) is 4.39 Å². The summed E-state index contributed by atoms with van der Waals surface area (Å²) in [5.74, 6) is -0.250. The Hall–Kier alpha value is -1.93. The Kier molecular flexibility index (Phi) is 6.18. The minimum atomic E-state index is -0.562. The molecule has 0 bridgehead atoms. The van der Waals surface area contributed by atoms with E-state index in [1.165, 1.54) is 12.1 Å². The third-order valence-electron chi connectivity index (χ3n) is 4.59. The Morgan fingerprint density at radius 1 is 1.20 bits per heavy atom. The van der Waals surface area contributed by atoms with Crippen molar-refractivity contribution in [1.82, 2.24) is 4.90 Å². The molecule has 25 heavy (non-hydrogen) atoms. The maximum Gasteiger partial charge on any atom is 0.123 e. The van der Waals surface area contributed by atoms with Crippen LogP contribution >= 0.6 is 12.4 Å². The van der Waals surface area contributed by atoms with Gasteiger partial charge < -0.3 is 9.64 Å². The lowest BCUT2D eigenvalue weighted by Crippen LogP contribution is -2.28. The number of fused-ring (bicyclic) bond motifs is 1. The average molecular weight is 361 g/mol. The van der Waals surface area contributed by atoms with Crippen molar-refractivity contribution in [1.29, 1.82) is 5.26 Å². The summed E-state index contributed by atoms with van der Waals surface area (Å²) in [6.45, 7) is 1.43.